The van der Waals surface area contributed by atoms with Crippen molar-refractivity contribution < 1.29 is 0 Å². The number of hydrogen-bond acceptors (Lipinski definition) is 0. The maximum Gasteiger partial charge on any atom is 0.0714 e. The molecule has 67 heavy (non-hydrogen) atoms. The molecule has 0 atom stereocenters. The van der Waals surface area contributed by atoms with Gasteiger partial charge < -0.3 is 9.13 Å². The van der Waals surface area contributed by atoms with E-state index in [1.807, 2.05) is 0 Å². The minimum Gasteiger partial charge on any atom is -0.309 e. The Kier molecular flexibility index (Phi) is 8.23. The van der Waals surface area contributed by atoms with Gasteiger partial charge in [0.1, 0.15) is 0 Å². The van der Waals surface area contributed by atoms with Crippen molar-refractivity contribution in [1.29, 1.82) is 0 Å². The molecule has 312 valence electrons. The maximum atomic E-state index is 2.52. The fourth-order valence-corrected chi connectivity index (χ4v) is 11.6. The third-order valence-corrected chi connectivity index (χ3v) is 14.6. The zero-order chi connectivity index (χ0) is 44.1. The number of para-hydroxylation sites is 1. The predicted octanol–water partition coefficient (Wildman–Crippen LogP) is 16.7. The zero-order valence-corrected chi connectivity index (χ0v) is 36.6. The van der Waals surface area contributed by atoms with Crippen molar-refractivity contribution in [1.82, 2.24) is 9.13 Å². The highest BCUT2D eigenvalue weighted by molar-refractivity contribution is 6.14. The van der Waals surface area contributed by atoms with Crippen molar-refractivity contribution in [2.24, 2.45) is 0 Å². The summed E-state index contributed by atoms with van der Waals surface area (Å²) in [7, 11) is 0. The molecule has 0 radical (unpaired) electrons. The summed E-state index contributed by atoms with van der Waals surface area (Å²) in [5.41, 5.74) is 19.1. The van der Waals surface area contributed by atoms with E-state index < -0.39 is 5.41 Å². The van der Waals surface area contributed by atoms with E-state index in [1.54, 1.807) is 0 Å². The van der Waals surface area contributed by atoms with E-state index in [-0.39, 0.29) is 0 Å². The summed E-state index contributed by atoms with van der Waals surface area (Å²) in [6, 6.07) is 94.4. The van der Waals surface area contributed by atoms with Crippen LogP contribution in [0.4, 0.5) is 0 Å². The molecule has 0 aliphatic heterocycles. The summed E-state index contributed by atoms with van der Waals surface area (Å²) in [4.78, 5) is 0. The molecule has 1 aliphatic carbocycles. The Morgan fingerprint density at radius 3 is 1.48 bits per heavy atom. The van der Waals surface area contributed by atoms with Crippen molar-refractivity contribution >= 4 is 54.4 Å². The minimum absolute atomic E-state index is 0.503. The monoisotopic (exact) mass is 850 g/mol. The highest BCUT2D eigenvalue weighted by Gasteiger charge is 2.46. The standard InChI is InChI=1S/C65H42N2/c1-4-16-43(17-5-1)45-28-33-51(34-29-45)66-61-27-15-13-25-54(61)56-39-47(31-36-62(56)66)48-32-37-63-57(40-48)58-41-55-53-24-12-14-26-59(53)65(49-20-6-2-7-21-49,50-22-8-3-9-23-50)60(55)42-64(58)67(63)52-35-30-44-18-10-11-19-46(44)38-52/h1-42H. The second-order valence-corrected chi connectivity index (χ2v) is 18.0. The van der Waals surface area contributed by atoms with E-state index in [0.717, 1.165) is 11.4 Å². The van der Waals surface area contributed by atoms with Crippen LogP contribution in [0.15, 0.2) is 255 Å². The smallest absolute Gasteiger partial charge is 0.0714 e. The lowest BCUT2D eigenvalue weighted by Crippen LogP contribution is -2.28. The van der Waals surface area contributed by atoms with Gasteiger partial charge >= 0.3 is 0 Å². The van der Waals surface area contributed by atoms with Gasteiger partial charge in [-0.1, -0.05) is 188 Å². The van der Waals surface area contributed by atoms with E-state index >= 15 is 0 Å². The molecule has 14 rings (SSSR count). The van der Waals surface area contributed by atoms with Crippen molar-refractivity contribution in [2.75, 3.05) is 0 Å². The summed E-state index contributed by atoms with van der Waals surface area (Å²) < 4.78 is 4.91. The average Bonchev–Trinajstić information content (AvgIpc) is 4.02. The predicted molar refractivity (Wildman–Crippen MR) is 281 cm³/mol. The number of nitrogens with zero attached hydrogens (tertiary/aromatic N) is 2. The lowest BCUT2D eigenvalue weighted by atomic mass is 9.67. The second kappa shape index (κ2) is 14.7. The van der Waals surface area contributed by atoms with E-state index in [4.69, 9.17) is 0 Å². The van der Waals surface area contributed by atoms with Crippen molar-refractivity contribution in [3.8, 4) is 44.8 Å². The first-order chi connectivity index (χ1) is 33.2. The Balaban J connectivity index is 1.00. The van der Waals surface area contributed by atoms with Crippen LogP contribution in [0, 0.1) is 0 Å². The molecule has 0 unspecified atom stereocenters. The van der Waals surface area contributed by atoms with Gasteiger partial charge in [0.15, 0.2) is 0 Å². The van der Waals surface area contributed by atoms with Crippen LogP contribution in [0.5, 0.6) is 0 Å². The lowest BCUT2D eigenvalue weighted by Gasteiger charge is -2.34. The molecule has 2 heterocycles. The molecule has 1 aliphatic rings. The van der Waals surface area contributed by atoms with E-state index in [9.17, 15) is 0 Å². The molecule has 0 spiro atoms. The molecule has 0 amide bonds. The van der Waals surface area contributed by atoms with Gasteiger partial charge in [-0.3, -0.25) is 0 Å². The number of aromatic nitrogens is 2. The Morgan fingerprint density at radius 2 is 0.761 bits per heavy atom. The summed E-state index contributed by atoms with van der Waals surface area (Å²) in [6.45, 7) is 0. The topological polar surface area (TPSA) is 9.86 Å². The van der Waals surface area contributed by atoms with Crippen molar-refractivity contribution in [3.63, 3.8) is 0 Å². The highest BCUT2D eigenvalue weighted by atomic mass is 15.0. The quantitative estimate of drug-likeness (QED) is 0.158. The molecule has 0 saturated heterocycles. The van der Waals surface area contributed by atoms with Gasteiger partial charge in [0.2, 0.25) is 0 Å². The molecule has 2 aromatic heterocycles. The van der Waals surface area contributed by atoms with Crippen LogP contribution in [-0.2, 0) is 5.41 Å². The normalized spacial score (nSPS) is 12.9. The maximum absolute atomic E-state index is 2.52. The van der Waals surface area contributed by atoms with Crippen LogP contribution in [0.2, 0.25) is 0 Å². The van der Waals surface area contributed by atoms with Crippen molar-refractivity contribution in [2.45, 2.75) is 5.41 Å². The zero-order valence-electron chi connectivity index (χ0n) is 36.6. The molecular weight excluding hydrogens is 809 g/mol. The summed E-state index contributed by atoms with van der Waals surface area (Å²) in [6.07, 6.45) is 0. The molecule has 0 fully saturated rings. The number of fused-ring (bicyclic) bond motifs is 10. The third kappa shape index (κ3) is 5.57. The van der Waals surface area contributed by atoms with Crippen LogP contribution in [0.1, 0.15) is 22.3 Å². The van der Waals surface area contributed by atoms with Crippen LogP contribution >= 0.6 is 0 Å². The Labute approximate surface area is 388 Å². The van der Waals surface area contributed by atoms with Gasteiger partial charge in [0.25, 0.3) is 0 Å². The van der Waals surface area contributed by atoms with Crippen LogP contribution in [0.3, 0.4) is 0 Å². The SMILES string of the molecule is c1ccc(-c2ccc(-n3c4ccccc4c4cc(-c5ccc6c(c5)c5cc7c(cc5n6-c5ccc6ccccc6c5)C(c5ccccc5)(c5ccccc5)c5ccccc5-7)ccc43)cc2)cc1. The molecule has 11 aromatic carbocycles. The van der Waals surface area contributed by atoms with Gasteiger partial charge in [-0.05, 0) is 133 Å². The first-order valence-electron chi connectivity index (χ1n) is 23.2. The second-order valence-electron chi connectivity index (χ2n) is 18.0. The fraction of sp³-hybridized carbons (Fsp3) is 0.0154. The van der Waals surface area contributed by atoms with Gasteiger partial charge in [-0.25, -0.2) is 0 Å². The summed E-state index contributed by atoms with van der Waals surface area (Å²) in [5, 5.41) is 7.43. The average molecular weight is 851 g/mol. The molecule has 0 saturated carbocycles. The Morgan fingerprint density at radius 1 is 0.254 bits per heavy atom. The van der Waals surface area contributed by atoms with Gasteiger partial charge in [-0.15, -0.1) is 0 Å². The number of hydrogen-bond donors (Lipinski definition) is 0. The van der Waals surface area contributed by atoms with E-state index in [1.165, 1.54) is 110 Å². The molecule has 2 heteroatoms. The molecule has 2 nitrogen and oxygen atoms in total. The van der Waals surface area contributed by atoms with Gasteiger partial charge in [0, 0.05) is 32.9 Å². The van der Waals surface area contributed by atoms with Gasteiger partial charge in [-0.2, -0.15) is 0 Å². The van der Waals surface area contributed by atoms with Crippen LogP contribution < -0.4 is 0 Å². The minimum atomic E-state index is -0.503. The fourth-order valence-electron chi connectivity index (χ4n) is 11.6. The van der Waals surface area contributed by atoms with Crippen LogP contribution in [-0.4, -0.2) is 9.13 Å². The van der Waals surface area contributed by atoms with Crippen LogP contribution in [0.25, 0.3) is 99.1 Å². The number of benzene rings is 11. The molecular formula is C65H42N2. The van der Waals surface area contributed by atoms with E-state index in [0.29, 0.717) is 0 Å². The van der Waals surface area contributed by atoms with Gasteiger partial charge in [0.05, 0.1) is 27.5 Å². The van der Waals surface area contributed by atoms with Crippen molar-refractivity contribution in [3.05, 3.63) is 277 Å². The summed E-state index contributed by atoms with van der Waals surface area (Å²) >= 11 is 0. The molecule has 0 bridgehead atoms. The number of rotatable bonds is 6. The first-order valence-corrected chi connectivity index (χ1v) is 23.2. The Hall–Kier alpha value is -8.72. The Bertz CT molecular complexity index is 4020. The summed E-state index contributed by atoms with van der Waals surface area (Å²) in [5.74, 6) is 0. The highest BCUT2D eigenvalue weighted by Crippen LogP contribution is 2.57. The first kappa shape index (κ1) is 37.6. The molecule has 0 N–H and O–H groups in total. The van der Waals surface area contributed by atoms with E-state index in [2.05, 4.69) is 264 Å². The third-order valence-electron chi connectivity index (χ3n) is 14.6. The lowest BCUT2D eigenvalue weighted by molar-refractivity contribution is 0.769. The largest absolute Gasteiger partial charge is 0.309 e. The molecule has 13 aromatic rings.